The van der Waals surface area contributed by atoms with Crippen molar-refractivity contribution >= 4 is 10.1 Å². The molecule has 1 heterocycles. The van der Waals surface area contributed by atoms with Crippen LogP contribution in [-0.2, 0) is 10.1 Å². The van der Waals surface area contributed by atoms with Crippen molar-refractivity contribution in [3.05, 3.63) is 54.3 Å². The second kappa shape index (κ2) is 6.15. The van der Waals surface area contributed by atoms with Gasteiger partial charge in [-0.25, -0.2) is 8.42 Å². The van der Waals surface area contributed by atoms with Crippen molar-refractivity contribution in [3.63, 3.8) is 0 Å². The van der Waals surface area contributed by atoms with Crippen molar-refractivity contribution in [1.82, 2.24) is 5.32 Å². The highest BCUT2D eigenvalue weighted by Gasteiger charge is 1.97. The van der Waals surface area contributed by atoms with Crippen molar-refractivity contribution in [2.75, 3.05) is 6.54 Å². The molecule has 0 aromatic heterocycles. The second-order valence-corrected chi connectivity index (χ2v) is 4.76. The topological polar surface area (TPSA) is 69.2 Å². The highest BCUT2D eigenvalue weighted by Crippen LogP contribution is 2.08. The Kier molecular flexibility index (Phi) is 4.84. The van der Waals surface area contributed by atoms with Crippen LogP contribution in [0.1, 0.15) is 5.56 Å². The molecule has 1 aliphatic heterocycles. The number of allylic oxidation sites excluding steroid dienone is 2. The number of rotatable bonds is 1. The standard InChI is InChI=1S/C7H8O3S.C5H6N/c1-6-2-4-7(5-3-6)11(8,9)10;1-2-4-6-5-3-1/h2-5H,1H3,(H,8,9,10);2-4,6H,5H2/q;+1/p-1. The lowest BCUT2D eigenvalue weighted by Gasteiger charge is -2.05. The van der Waals surface area contributed by atoms with Crippen LogP contribution in [0.5, 0.6) is 0 Å². The number of benzene rings is 1. The van der Waals surface area contributed by atoms with E-state index in [0.29, 0.717) is 0 Å². The summed E-state index contributed by atoms with van der Waals surface area (Å²) in [4.78, 5) is -0.178. The maximum absolute atomic E-state index is 10.4. The molecule has 1 aromatic rings. The first-order chi connectivity index (χ1) is 8.00. The highest BCUT2D eigenvalue weighted by molar-refractivity contribution is 7.85. The fraction of sp³-hybridized carbons (Fsp3) is 0.167. The normalized spacial score (nSPS) is 13.1. The largest absolute Gasteiger partial charge is 0.744 e. The van der Waals surface area contributed by atoms with E-state index in [1.54, 1.807) is 12.1 Å². The van der Waals surface area contributed by atoms with E-state index >= 15 is 0 Å². The van der Waals surface area contributed by atoms with Gasteiger partial charge in [-0.15, -0.1) is 0 Å². The van der Waals surface area contributed by atoms with Gasteiger partial charge in [0, 0.05) is 0 Å². The molecule has 17 heavy (non-hydrogen) atoms. The molecule has 0 amide bonds. The van der Waals surface area contributed by atoms with Gasteiger partial charge >= 0.3 is 0 Å². The average Bonchev–Trinajstić information content (AvgIpc) is 2.31. The minimum atomic E-state index is -4.27. The molecule has 1 N–H and O–H groups in total. The van der Waals surface area contributed by atoms with Gasteiger partial charge in [0.2, 0.25) is 0 Å². The smallest absolute Gasteiger partial charge is 0.176 e. The van der Waals surface area contributed by atoms with E-state index < -0.39 is 10.1 Å². The lowest BCUT2D eigenvalue weighted by molar-refractivity contribution is 0.463. The number of hydrogen-bond acceptors (Lipinski definition) is 4. The molecule has 0 atom stereocenters. The molecule has 0 unspecified atom stereocenters. The third-order valence-electron chi connectivity index (χ3n) is 1.94. The van der Waals surface area contributed by atoms with Crippen molar-refractivity contribution < 1.29 is 13.0 Å². The summed E-state index contributed by atoms with van der Waals surface area (Å²) in [6.07, 6.45) is 8.59. The molecule has 2 rings (SSSR count). The number of hydrogen-bond donors (Lipinski definition) is 1. The van der Waals surface area contributed by atoms with Gasteiger partial charge in [-0.2, -0.15) is 0 Å². The Bertz CT molecular complexity index is 489. The summed E-state index contributed by atoms with van der Waals surface area (Å²) in [5.74, 6) is 0. The van der Waals surface area contributed by atoms with Gasteiger partial charge in [-0.1, -0.05) is 17.7 Å². The van der Waals surface area contributed by atoms with Gasteiger partial charge in [0.05, 0.1) is 23.6 Å². The van der Waals surface area contributed by atoms with Gasteiger partial charge in [0.15, 0.2) is 6.08 Å². The molecule has 0 saturated carbocycles. The first-order valence-electron chi connectivity index (χ1n) is 4.99. The van der Waals surface area contributed by atoms with Crippen LogP contribution in [0.3, 0.4) is 0 Å². The molecule has 1 aliphatic rings. The van der Waals surface area contributed by atoms with Crippen LogP contribution in [0, 0.1) is 13.0 Å². The molecular formula is C12H13NO3S. The van der Waals surface area contributed by atoms with Crippen molar-refractivity contribution in [2.24, 2.45) is 0 Å². The molecule has 4 nitrogen and oxygen atoms in total. The molecule has 0 saturated heterocycles. The van der Waals surface area contributed by atoms with Crippen LogP contribution in [-0.4, -0.2) is 19.5 Å². The molecule has 90 valence electrons. The molecule has 0 fully saturated rings. The van der Waals surface area contributed by atoms with E-state index in [1.165, 1.54) is 12.1 Å². The summed E-state index contributed by atoms with van der Waals surface area (Å²) in [6.45, 7) is 2.75. The van der Waals surface area contributed by atoms with Gasteiger partial charge in [0.25, 0.3) is 0 Å². The fourth-order valence-electron chi connectivity index (χ4n) is 1.07. The van der Waals surface area contributed by atoms with E-state index in [1.807, 2.05) is 25.3 Å². The van der Waals surface area contributed by atoms with Crippen LogP contribution >= 0.6 is 0 Å². The predicted octanol–water partition coefficient (Wildman–Crippen LogP) is 1.36. The first kappa shape index (κ1) is 13.4. The minimum absolute atomic E-state index is 0.178. The minimum Gasteiger partial charge on any atom is -0.744 e. The Hall–Kier alpha value is -1.68. The zero-order chi connectivity index (χ0) is 12.7. The van der Waals surface area contributed by atoms with E-state index in [-0.39, 0.29) is 4.90 Å². The van der Waals surface area contributed by atoms with Crippen LogP contribution in [0.15, 0.2) is 47.5 Å². The molecule has 0 bridgehead atoms. The molecular weight excluding hydrogens is 238 g/mol. The SMILES string of the molecule is Cc1ccc(S(=O)(=O)[O-])cc1.[C+]1=CCNC=C1. The Morgan fingerprint density at radius 1 is 1.29 bits per heavy atom. The molecule has 0 spiro atoms. The Morgan fingerprint density at radius 3 is 2.24 bits per heavy atom. The highest BCUT2D eigenvalue weighted by atomic mass is 32.2. The fourth-order valence-corrected chi connectivity index (χ4v) is 1.54. The van der Waals surface area contributed by atoms with Crippen molar-refractivity contribution in [1.29, 1.82) is 0 Å². The molecule has 0 aliphatic carbocycles. The van der Waals surface area contributed by atoms with E-state index in [0.717, 1.165) is 12.1 Å². The maximum Gasteiger partial charge on any atom is 0.176 e. The van der Waals surface area contributed by atoms with Crippen LogP contribution in [0.2, 0.25) is 0 Å². The summed E-state index contributed by atoms with van der Waals surface area (Å²) >= 11 is 0. The average molecular weight is 251 g/mol. The van der Waals surface area contributed by atoms with Gasteiger partial charge in [-0.05, 0) is 19.1 Å². The number of dihydropyridines is 1. The van der Waals surface area contributed by atoms with Crippen LogP contribution < -0.4 is 5.32 Å². The summed E-state index contributed by atoms with van der Waals surface area (Å²) in [5, 5.41) is 2.99. The Labute approximate surface area is 101 Å². The zero-order valence-corrected chi connectivity index (χ0v) is 10.2. The second-order valence-electron chi connectivity index (χ2n) is 3.38. The molecule has 1 aromatic carbocycles. The first-order valence-corrected chi connectivity index (χ1v) is 6.39. The van der Waals surface area contributed by atoms with Crippen LogP contribution in [0.25, 0.3) is 0 Å². The monoisotopic (exact) mass is 251 g/mol. The molecule has 5 heteroatoms. The van der Waals surface area contributed by atoms with Crippen LogP contribution in [0.4, 0.5) is 0 Å². The van der Waals surface area contributed by atoms with Crippen molar-refractivity contribution in [2.45, 2.75) is 11.8 Å². The third-order valence-corrected chi connectivity index (χ3v) is 2.79. The third kappa shape index (κ3) is 5.26. The van der Waals surface area contributed by atoms with Gasteiger partial charge in [0.1, 0.15) is 16.3 Å². The lowest BCUT2D eigenvalue weighted by Crippen LogP contribution is -2.05. The maximum atomic E-state index is 10.4. The number of aryl methyl sites for hydroxylation is 1. The van der Waals surface area contributed by atoms with Crippen molar-refractivity contribution in [3.8, 4) is 0 Å². The Balaban J connectivity index is 0.000000202. The molecule has 0 radical (unpaired) electrons. The predicted molar refractivity (Wildman–Crippen MR) is 64.1 cm³/mol. The lowest BCUT2D eigenvalue weighted by atomic mass is 10.2. The van der Waals surface area contributed by atoms with Gasteiger partial charge in [-0.3, -0.25) is 0 Å². The summed E-state index contributed by atoms with van der Waals surface area (Å²) in [7, 11) is -4.27. The van der Waals surface area contributed by atoms with E-state index in [9.17, 15) is 13.0 Å². The van der Waals surface area contributed by atoms with E-state index in [4.69, 9.17) is 0 Å². The summed E-state index contributed by atoms with van der Waals surface area (Å²) in [5.41, 5.74) is 0.928. The summed E-state index contributed by atoms with van der Waals surface area (Å²) < 4.78 is 31.2. The quantitative estimate of drug-likeness (QED) is 0.604. The van der Waals surface area contributed by atoms with Gasteiger partial charge < -0.3 is 9.87 Å². The summed E-state index contributed by atoms with van der Waals surface area (Å²) in [6, 6.07) is 5.78. The zero-order valence-electron chi connectivity index (χ0n) is 9.38. The Morgan fingerprint density at radius 2 is 1.94 bits per heavy atom. The van der Waals surface area contributed by atoms with E-state index in [2.05, 4.69) is 11.4 Å². The number of nitrogens with one attached hydrogen (secondary N) is 1.